The van der Waals surface area contributed by atoms with E-state index in [2.05, 4.69) is 37.1 Å². The zero-order valence-corrected chi connectivity index (χ0v) is 11.4. The van der Waals surface area contributed by atoms with Crippen molar-refractivity contribution in [2.45, 2.75) is 25.8 Å². The van der Waals surface area contributed by atoms with Crippen molar-refractivity contribution in [3.8, 4) is 5.75 Å². The normalized spacial score (nSPS) is 24.4. The molecule has 1 saturated heterocycles. The van der Waals surface area contributed by atoms with E-state index in [1.165, 1.54) is 12.0 Å². The van der Waals surface area contributed by atoms with Gasteiger partial charge in [-0.15, -0.1) is 0 Å². The summed E-state index contributed by atoms with van der Waals surface area (Å²) in [5.74, 6) is 1.54. The van der Waals surface area contributed by atoms with Gasteiger partial charge in [0.1, 0.15) is 5.75 Å². The Morgan fingerprint density at radius 3 is 3.00 bits per heavy atom. The molecule has 0 saturated carbocycles. The molecular formula is C15H24N2O. The number of likely N-dealkylation sites (tertiary alicyclic amines) is 1. The molecular weight excluding hydrogens is 224 g/mol. The number of hydrogen-bond donors (Lipinski definition) is 1. The van der Waals surface area contributed by atoms with Crippen LogP contribution in [0.1, 0.15) is 31.4 Å². The van der Waals surface area contributed by atoms with E-state index in [-0.39, 0.29) is 0 Å². The van der Waals surface area contributed by atoms with Crippen molar-refractivity contribution in [1.29, 1.82) is 0 Å². The van der Waals surface area contributed by atoms with Crippen molar-refractivity contribution in [3.63, 3.8) is 0 Å². The van der Waals surface area contributed by atoms with Crippen LogP contribution in [0.4, 0.5) is 0 Å². The van der Waals surface area contributed by atoms with Crippen LogP contribution in [0.5, 0.6) is 5.75 Å². The van der Waals surface area contributed by atoms with Crippen LogP contribution in [0, 0.1) is 5.92 Å². The van der Waals surface area contributed by atoms with Crippen molar-refractivity contribution >= 4 is 0 Å². The molecule has 0 aliphatic carbocycles. The molecule has 0 aromatic heterocycles. The molecule has 1 aliphatic heterocycles. The van der Waals surface area contributed by atoms with E-state index < -0.39 is 0 Å². The molecule has 0 amide bonds. The Labute approximate surface area is 110 Å². The molecule has 1 aromatic rings. The second-order valence-electron chi connectivity index (χ2n) is 5.13. The standard InChI is InChI=1S/C15H24N2O/c1-3-9-18-14-6-4-5-12(10-14)15-13(11-16)7-8-17(15)2/h4-6,10,13,15H,3,7-9,11,16H2,1-2H3. The molecule has 1 heterocycles. The lowest BCUT2D eigenvalue weighted by Gasteiger charge is -2.25. The monoisotopic (exact) mass is 248 g/mol. The minimum absolute atomic E-state index is 0.445. The van der Waals surface area contributed by atoms with Gasteiger partial charge in [0.15, 0.2) is 0 Å². The molecule has 3 heteroatoms. The van der Waals surface area contributed by atoms with Crippen LogP contribution in [0.15, 0.2) is 24.3 Å². The van der Waals surface area contributed by atoms with Crippen LogP contribution in [0.2, 0.25) is 0 Å². The third-order valence-electron chi connectivity index (χ3n) is 3.75. The summed E-state index contributed by atoms with van der Waals surface area (Å²) in [6, 6.07) is 8.92. The summed E-state index contributed by atoms with van der Waals surface area (Å²) in [6.45, 7) is 4.80. The summed E-state index contributed by atoms with van der Waals surface area (Å²) >= 11 is 0. The van der Waals surface area contributed by atoms with Gasteiger partial charge in [-0.2, -0.15) is 0 Å². The van der Waals surface area contributed by atoms with Crippen molar-refractivity contribution in [1.82, 2.24) is 4.90 Å². The smallest absolute Gasteiger partial charge is 0.119 e. The first-order valence-corrected chi connectivity index (χ1v) is 6.89. The van der Waals surface area contributed by atoms with Gasteiger partial charge in [0.25, 0.3) is 0 Å². The topological polar surface area (TPSA) is 38.5 Å². The van der Waals surface area contributed by atoms with Crippen LogP contribution < -0.4 is 10.5 Å². The lowest BCUT2D eigenvalue weighted by molar-refractivity contribution is 0.276. The number of benzene rings is 1. The molecule has 2 atom stereocenters. The van der Waals surface area contributed by atoms with E-state index >= 15 is 0 Å². The zero-order valence-electron chi connectivity index (χ0n) is 11.4. The van der Waals surface area contributed by atoms with Gasteiger partial charge in [-0.05, 0) is 56.6 Å². The Bertz CT molecular complexity index is 381. The first-order chi connectivity index (χ1) is 8.76. The number of nitrogens with two attached hydrogens (primary N) is 1. The van der Waals surface area contributed by atoms with Crippen molar-refractivity contribution in [2.24, 2.45) is 11.7 Å². The molecule has 2 unspecified atom stereocenters. The number of nitrogens with zero attached hydrogens (tertiary/aromatic N) is 1. The van der Waals surface area contributed by atoms with Gasteiger partial charge in [0.2, 0.25) is 0 Å². The largest absolute Gasteiger partial charge is 0.494 e. The van der Waals surface area contributed by atoms with Gasteiger partial charge in [-0.3, -0.25) is 4.90 Å². The summed E-state index contributed by atoms with van der Waals surface area (Å²) in [5, 5.41) is 0. The number of rotatable bonds is 5. The maximum atomic E-state index is 5.88. The maximum absolute atomic E-state index is 5.88. The molecule has 2 rings (SSSR count). The van der Waals surface area contributed by atoms with Gasteiger partial charge < -0.3 is 10.5 Å². The Hall–Kier alpha value is -1.06. The summed E-state index contributed by atoms with van der Waals surface area (Å²) in [4.78, 5) is 2.40. The van der Waals surface area contributed by atoms with Crippen LogP contribution in [-0.2, 0) is 0 Å². The highest BCUT2D eigenvalue weighted by molar-refractivity contribution is 5.31. The van der Waals surface area contributed by atoms with Crippen LogP contribution >= 0.6 is 0 Å². The van der Waals surface area contributed by atoms with Gasteiger partial charge >= 0.3 is 0 Å². The first kappa shape index (κ1) is 13.4. The van der Waals surface area contributed by atoms with Gasteiger partial charge in [0.05, 0.1) is 6.61 Å². The lowest BCUT2D eigenvalue weighted by Crippen LogP contribution is -2.25. The molecule has 1 aliphatic rings. The fourth-order valence-corrected chi connectivity index (χ4v) is 2.81. The Morgan fingerprint density at radius 1 is 1.44 bits per heavy atom. The van der Waals surface area contributed by atoms with Crippen LogP contribution in [-0.4, -0.2) is 31.6 Å². The third kappa shape index (κ3) is 2.85. The molecule has 2 N–H and O–H groups in total. The summed E-state index contributed by atoms with van der Waals surface area (Å²) < 4.78 is 5.71. The number of ether oxygens (including phenoxy) is 1. The fraction of sp³-hybridized carbons (Fsp3) is 0.600. The van der Waals surface area contributed by atoms with E-state index in [4.69, 9.17) is 10.5 Å². The van der Waals surface area contributed by atoms with E-state index in [0.717, 1.165) is 31.9 Å². The molecule has 3 nitrogen and oxygen atoms in total. The predicted octanol–water partition coefficient (Wildman–Crippen LogP) is 2.43. The predicted molar refractivity (Wildman–Crippen MR) is 74.8 cm³/mol. The molecule has 1 fully saturated rings. The molecule has 0 bridgehead atoms. The average Bonchev–Trinajstić information content (AvgIpc) is 2.78. The van der Waals surface area contributed by atoms with E-state index in [1.54, 1.807) is 0 Å². The third-order valence-corrected chi connectivity index (χ3v) is 3.75. The van der Waals surface area contributed by atoms with E-state index in [0.29, 0.717) is 12.0 Å². The Morgan fingerprint density at radius 2 is 2.28 bits per heavy atom. The van der Waals surface area contributed by atoms with Gasteiger partial charge in [-0.1, -0.05) is 19.1 Å². The van der Waals surface area contributed by atoms with Crippen molar-refractivity contribution < 1.29 is 4.74 Å². The molecule has 0 radical (unpaired) electrons. The molecule has 0 spiro atoms. The van der Waals surface area contributed by atoms with Crippen LogP contribution in [0.3, 0.4) is 0 Å². The SMILES string of the molecule is CCCOc1cccc(C2C(CN)CCN2C)c1. The summed E-state index contributed by atoms with van der Waals surface area (Å²) in [5.41, 5.74) is 7.22. The molecule has 1 aromatic carbocycles. The van der Waals surface area contributed by atoms with Crippen molar-refractivity contribution in [3.05, 3.63) is 29.8 Å². The summed E-state index contributed by atoms with van der Waals surface area (Å²) in [7, 11) is 2.18. The minimum Gasteiger partial charge on any atom is -0.494 e. The zero-order chi connectivity index (χ0) is 13.0. The summed E-state index contributed by atoms with van der Waals surface area (Å²) in [6.07, 6.45) is 2.23. The molecule has 100 valence electrons. The minimum atomic E-state index is 0.445. The highest BCUT2D eigenvalue weighted by atomic mass is 16.5. The molecule has 18 heavy (non-hydrogen) atoms. The highest BCUT2D eigenvalue weighted by Crippen LogP contribution is 2.36. The van der Waals surface area contributed by atoms with Gasteiger partial charge in [-0.25, -0.2) is 0 Å². The second-order valence-corrected chi connectivity index (χ2v) is 5.13. The van der Waals surface area contributed by atoms with Crippen molar-refractivity contribution in [2.75, 3.05) is 26.7 Å². The Balaban J connectivity index is 2.16. The highest BCUT2D eigenvalue weighted by Gasteiger charge is 2.31. The number of hydrogen-bond acceptors (Lipinski definition) is 3. The fourth-order valence-electron chi connectivity index (χ4n) is 2.81. The first-order valence-electron chi connectivity index (χ1n) is 6.89. The Kier molecular flexibility index (Phi) is 4.61. The van der Waals surface area contributed by atoms with E-state index in [1.807, 2.05) is 6.07 Å². The van der Waals surface area contributed by atoms with E-state index in [9.17, 15) is 0 Å². The van der Waals surface area contributed by atoms with Crippen LogP contribution in [0.25, 0.3) is 0 Å². The van der Waals surface area contributed by atoms with Gasteiger partial charge in [0, 0.05) is 6.04 Å². The average molecular weight is 248 g/mol. The quantitative estimate of drug-likeness (QED) is 0.869. The lowest BCUT2D eigenvalue weighted by atomic mass is 9.94. The maximum Gasteiger partial charge on any atom is 0.119 e. The second kappa shape index (κ2) is 6.21.